The highest BCUT2D eigenvalue weighted by atomic mass is 79.9. The number of rotatable bonds is 5. The van der Waals surface area contributed by atoms with E-state index in [2.05, 4.69) is 33.4 Å². The van der Waals surface area contributed by atoms with Gasteiger partial charge in [0.1, 0.15) is 0 Å². The maximum absolute atomic E-state index is 12.2. The van der Waals surface area contributed by atoms with E-state index in [0.717, 1.165) is 24.0 Å². The van der Waals surface area contributed by atoms with Crippen LogP contribution in [0, 0.1) is 5.92 Å². The van der Waals surface area contributed by atoms with Crippen molar-refractivity contribution in [3.8, 4) is 0 Å². The summed E-state index contributed by atoms with van der Waals surface area (Å²) < 4.78 is 1.08. The molecule has 1 fully saturated rings. The number of benzene rings is 1. The van der Waals surface area contributed by atoms with Crippen LogP contribution in [0.4, 0.5) is 0 Å². The second-order valence-electron chi connectivity index (χ2n) is 4.87. The number of hydrogen-bond acceptors (Lipinski definition) is 2. The summed E-state index contributed by atoms with van der Waals surface area (Å²) in [6.45, 7) is 1.62. The van der Waals surface area contributed by atoms with Crippen LogP contribution in [0.15, 0.2) is 28.7 Å². The highest BCUT2D eigenvalue weighted by Crippen LogP contribution is 2.48. The van der Waals surface area contributed by atoms with E-state index in [-0.39, 0.29) is 24.2 Å². The molecule has 1 aliphatic rings. The van der Waals surface area contributed by atoms with Crippen LogP contribution < -0.4 is 5.32 Å². The fourth-order valence-electron chi connectivity index (χ4n) is 2.25. The number of hydrogen-bond donors (Lipinski definition) is 1. The molecule has 0 spiro atoms. The second kappa shape index (κ2) is 7.27. The minimum Gasteiger partial charge on any atom is -0.344 e. The Bertz CT molecular complexity index is 441. The van der Waals surface area contributed by atoms with Gasteiger partial charge in [-0.25, -0.2) is 0 Å². The topological polar surface area (TPSA) is 32.3 Å². The standard InChI is InChI=1S/C14H19BrN2O.ClH/c1-16-6-7-17(2)14(18)13-9-12(13)10-4-3-5-11(15)8-10;/h3-5,8,12-13,16H,6-7,9H2,1-2H3;1H. The lowest BCUT2D eigenvalue weighted by Crippen LogP contribution is -2.34. The zero-order chi connectivity index (χ0) is 13.1. The predicted molar refractivity (Wildman–Crippen MR) is 83.8 cm³/mol. The number of likely N-dealkylation sites (N-methyl/N-ethyl adjacent to an activating group) is 2. The molecule has 1 amide bonds. The van der Waals surface area contributed by atoms with Gasteiger partial charge in [-0.05, 0) is 37.1 Å². The van der Waals surface area contributed by atoms with Crippen molar-refractivity contribution in [2.45, 2.75) is 12.3 Å². The smallest absolute Gasteiger partial charge is 0.226 e. The largest absolute Gasteiger partial charge is 0.344 e. The summed E-state index contributed by atoms with van der Waals surface area (Å²) in [4.78, 5) is 14.0. The first-order chi connectivity index (χ1) is 8.63. The van der Waals surface area contributed by atoms with Crippen molar-refractivity contribution in [2.24, 2.45) is 5.92 Å². The molecule has 1 aliphatic carbocycles. The van der Waals surface area contributed by atoms with E-state index in [4.69, 9.17) is 0 Å². The molecule has 2 atom stereocenters. The molecule has 0 heterocycles. The van der Waals surface area contributed by atoms with E-state index in [9.17, 15) is 4.79 Å². The van der Waals surface area contributed by atoms with Crippen LogP contribution in [0.3, 0.4) is 0 Å². The summed E-state index contributed by atoms with van der Waals surface area (Å²) in [5.74, 6) is 0.864. The lowest BCUT2D eigenvalue weighted by molar-refractivity contribution is -0.131. The van der Waals surface area contributed by atoms with Gasteiger partial charge in [0, 0.05) is 30.5 Å². The van der Waals surface area contributed by atoms with Gasteiger partial charge in [0.05, 0.1) is 0 Å². The minimum absolute atomic E-state index is 0. The summed E-state index contributed by atoms with van der Waals surface area (Å²) in [6, 6.07) is 8.27. The molecule has 0 saturated heterocycles. The zero-order valence-corrected chi connectivity index (χ0v) is 13.6. The lowest BCUT2D eigenvalue weighted by Gasteiger charge is -2.16. The molecule has 2 unspecified atom stereocenters. The number of carbonyl (C=O) groups is 1. The maximum Gasteiger partial charge on any atom is 0.226 e. The average molecular weight is 348 g/mol. The Morgan fingerprint density at radius 2 is 2.26 bits per heavy atom. The van der Waals surface area contributed by atoms with E-state index >= 15 is 0 Å². The second-order valence-corrected chi connectivity index (χ2v) is 5.78. The Kier molecular flexibility index (Phi) is 6.30. The lowest BCUT2D eigenvalue weighted by atomic mass is 10.1. The predicted octanol–water partition coefficient (Wildman–Crippen LogP) is 2.65. The van der Waals surface area contributed by atoms with Gasteiger partial charge in [-0.2, -0.15) is 0 Å². The van der Waals surface area contributed by atoms with Crippen LogP contribution in [0.5, 0.6) is 0 Å². The monoisotopic (exact) mass is 346 g/mol. The van der Waals surface area contributed by atoms with Crippen molar-refractivity contribution in [3.63, 3.8) is 0 Å². The Morgan fingerprint density at radius 1 is 1.53 bits per heavy atom. The number of nitrogens with zero attached hydrogens (tertiary/aromatic N) is 1. The molecular weight excluding hydrogens is 328 g/mol. The van der Waals surface area contributed by atoms with Crippen molar-refractivity contribution in [3.05, 3.63) is 34.3 Å². The third-order valence-electron chi connectivity index (χ3n) is 3.46. The fraction of sp³-hybridized carbons (Fsp3) is 0.500. The van der Waals surface area contributed by atoms with Crippen molar-refractivity contribution in [1.82, 2.24) is 10.2 Å². The molecule has 3 nitrogen and oxygen atoms in total. The Morgan fingerprint density at radius 3 is 2.89 bits per heavy atom. The molecule has 1 aromatic carbocycles. The van der Waals surface area contributed by atoms with Gasteiger partial charge in [0.25, 0.3) is 0 Å². The summed E-state index contributed by atoms with van der Waals surface area (Å²) >= 11 is 3.47. The third-order valence-corrected chi connectivity index (χ3v) is 3.95. The van der Waals surface area contributed by atoms with Gasteiger partial charge >= 0.3 is 0 Å². The number of halogens is 2. The van der Waals surface area contributed by atoms with Gasteiger partial charge in [0.2, 0.25) is 5.91 Å². The number of nitrogens with one attached hydrogen (secondary N) is 1. The first kappa shape index (κ1) is 16.5. The highest BCUT2D eigenvalue weighted by molar-refractivity contribution is 9.10. The molecule has 106 valence electrons. The highest BCUT2D eigenvalue weighted by Gasteiger charge is 2.44. The number of amides is 1. The molecular formula is C14H20BrClN2O. The summed E-state index contributed by atoms with van der Waals surface area (Å²) in [6.07, 6.45) is 0.985. The molecule has 0 radical (unpaired) electrons. The Labute approximate surface area is 129 Å². The first-order valence-electron chi connectivity index (χ1n) is 6.28. The summed E-state index contributed by atoms with van der Waals surface area (Å²) in [5, 5.41) is 3.06. The van der Waals surface area contributed by atoms with Crippen molar-refractivity contribution >= 4 is 34.2 Å². The molecule has 1 aromatic rings. The van der Waals surface area contributed by atoms with Crippen LogP contribution >= 0.6 is 28.3 Å². The van der Waals surface area contributed by atoms with E-state index < -0.39 is 0 Å². The molecule has 0 aliphatic heterocycles. The van der Waals surface area contributed by atoms with Gasteiger partial charge < -0.3 is 10.2 Å². The van der Waals surface area contributed by atoms with E-state index in [1.807, 2.05) is 31.1 Å². The SMILES string of the molecule is CNCCN(C)C(=O)C1CC1c1cccc(Br)c1.Cl. The van der Waals surface area contributed by atoms with Gasteiger partial charge in [0.15, 0.2) is 0 Å². The molecule has 0 aromatic heterocycles. The summed E-state index contributed by atoms with van der Waals surface area (Å²) in [7, 11) is 3.79. The van der Waals surface area contributed by atoms with Crippen LogP contribution in [-0.2, 0) is 4.79 Å². The van der Waals surface area contributed by atoms with Gasteiger partial charge in [-0.3, -0.25) is 4.79 Å². The molecule has 19 heavy (non-hydrogen) atoms. The molecule has 1 saturated carbocycles. The first-order valence-corrected chi connectivity index (χ1v) is 7.08. The molecule has 2 rings (SSSR count). The van der Waals surface area contributed by atoms with Crippen LogP contribution in [0.2, 0.25) is 0 Å². The van der Waals surface area contributed by atoms with Gasteiger partial charge in [-0.15, -0.1) is 12.4 Å². The molecule has 0 bridgehead atoms. The minimum atomic E-state index is 0. The summed E-state index contributed by atoms with van der Waals surface area (Å²) in [5.41, 5.74) is 1.27. The quantitative estimate of drug-likeness (QED) is 0.888. The average Bonchev–Trinajstić information content (AvgIpc) is 3.15. The van der Waals surface area contributed by atoms with Crippen LogP contribution in [0.1, 0.15) is 17.9 Å². The van der Waals surface area contributed by atoms with E-state index in [1.54, 1.807) is 0 Å². The third kappa shape index (κ3) is 4.20. The van der Waals surface area contributed by atoms with Gasteiger partial charge in [-0.1, -0.05) is 28.1 Å². The van der Waals surface area contributed by atoms with Crippen LogP contribution in [-0.4, -0.2) is 38.0 Å². The Balaban J connectivity index is 0.00000180. The molecule has 1 N–H and O–H groups in total. The zero-order valence-electron chi connectivity index (χ0n) is 11.2. The normalized spacial score (nSPS) is 20.6. The maximum atomic E-state index is 12.2. The number of carbonyl (C=O) groups excluding carboxylic acids is 1. The van der Waals surface area contributed by atoms with E-state index in [0.29, 0.717) is 5.92 Å². The van der Waals surface area contributed by atoms with E-state index in [1.165, 1.54) is 5.56 Å². The fourth-order valence-corrected chi connectivity index (χ4v) is 2.66. The molecule has 5 heteroatoms. The van der Waals surface area contributed by atoms with Crippen LogP contribution in [0.25, 0.3) is 0 Å². The Hall–Kier alpha value is -0.580. The van der Waals surface area contributed by atoms with Crippen molar-refractivity contribution in [1.29, 1.82) is 0 Å². The van der Waals surface area contributed by atoms with Crippen molar-refractivity contribution < 1.29 is 4.79 Å². The van der Waals surface area contributed by atoms with Crippen molar-refractivity contribution in [2.75, 3.05) is 27.2 Å².